The quantitative estimate of drug-likeness (QED) is 0.508. The zero-order valence-corrected chi connectivity index (χ0v) is 19.2. The molecule has 1 atom stereocenters. The van der Waals surface area contributed by atoms with Crippen molar-refractivity contribution in [3.63, 3.8) is 0 Å². The Kier molecular flexibility index (Phi) is 7.97. The topological polar surface area (TPSA) is 72.3 Å². The van der Waals surface area contributed by atoms with Crippen molar-refractivity contribution < 1.29 is 14.6 Å². The van der Waals surface area contributed by atoms with E-state index in [9.17, 15) is 9.90 Å². The fourth-order valence-corrected chi connectivity index (χ4v) is 4.35. The van der Waals surface area contributed by atoms with Crippen molar-refractivity contribution in [2.45, 2.75) is 44.9 Å². The molecule has 1 fully saturated rings. The van der Waals surface area contributed by atoms with E-state index in [0.29, 0.717) is 25.2 Å². The number of carbonyl (C=O) groups is 1. The highest BCUT2D eigenvalue weighted by atomic mass is 16.5. The Morgan fingerprint density at radius 1 is 1.00 bits per heavy atom. The van der Waals surface area contributed by atoms with Crippen LogP contribution in [-0.2, 0) is 16.0 Å². The molecule has 1 aliphatic rings. The van der Waals surface area contributed by atoms with Crippen molar-refractivity contribution in [3.8, 4) is 11.1 Å². The lowest BCUT2D eigenvalue weighted by molar-refractivity contribution is -0.121. The number of aliphatic hydroxyl groups excluding tert-OH is 1. The van der Waals surface area contributed by atoms with Gasteiger partial charge in [-0.05, 0) is 42.4 Å². The Morgan fingerprint density at radius 3 is 2.30 bits per heavy atom. The monoisotopic (exact) mass is 444 g/mol. The maximum Gasteiger partial charge on any atom is 0.133 e. The van der Waals surface area contributed by atoms with Gasteiger partial charge in [-0.3, -0.25) is 4.79 Å². The average molecular weight is 445 g/mol. The Morgan fingerprint density at radius 2 is 1.67 bits per heavy atom. The largest absolute Gasteiger partial charge is 0.396 e. The molecule has 2 aromatic carbocycles. The molecule has 3 aromatic rings. The fraction of sp³-hybridized carbons (Fsp3) is 0.393. The first-order valence-electron chi connectivity index (χ1n) is 11.8. The third kappa shape index (κ3) is 6.56. The summed E-state index contributed by atoms with van der Waals surface area (Å²) in [7, 11) is 0. The predicted octanol–water partition coefficient (Wildman–Crippen LogP) is 4.89. The van der Waals surface area contributed by atoms with Gasteiger partial charge in [-0.25, -0.2) is 9.97 Å². The van der Waals surface area contributed by atoms with E-state index in [1.54, 1.807) is 0 Å². The lowest BCUT2D eigenvalue weighted by Crippen LogP contribution is -2.20. The van der Waals surface area contributed by atoms with Gasteiger partial charge in [0.15, 0.2) is 0 Å². The van der Waals surface area contributed by atoms with Crippen LogP contribution in [0.4, 0.5) is 0 Å². The normalized spacial score (nSPS) is 15.3. The molecule has 172 valence electrons. The third-order valence-corrected chi connectivity index (χ3v) is 6.46. The highest BCUT2D eigenvalue weighted by Gasteiger charge is 2.21. The minimum absolute atomic E-state index is 0.0253. The molecule has 0 aliphatic carbocycles. The van der Waals surface area contributed by atoms with Crippen LogP contribution in [0.3, 0.4) is 0 Å². The van der Waals surface area contributed by atoms with Gasteiger partial charge in [0.05, 0.1) is 6.61 Å². The second-order valence-electron chi connectivity index (χ2n) is 9.05. The van der Waals surface area contributed by atoms with Crippen molar-refractivity contribution in [1.82, 2.24) is 9.97 Å². The Labute approximate surface area is 195 Å². The van der Waals surface area contributed by atoms with E-state index >= 15 is 0 Å². The Bertz CT molecular complexity index is 1020. The molecule has 5 heteroatoms. The summed E-state index contributed by atoms with van der Waals surface area (Å²) in [4.78, 5) is 21.6. The summed E-state index contributed by atoms with van der Waals surface area (Å²) in [6.07, 6.45) is 7.27. The van der Waals surface area contributed by atoms with Crippen molar-refractivity contribution in [2.75, 3.05) is 19.8 Å². The van der Waals surface area contributed by atoms with Gasteiger partial charge in [0.1, 0.15) is 11.6 Å². The van der Waals surface area contributed by atoms with Crippen LogP contribution in [0.2, 0.25) is 0 Å². The molecular weight excluding hydrogens is 412 g/mol. The molecule has 0 spiro atoms. The van der Waals surface area contributed by atoms with Crippen LogP contribution in [0.25, 0.3) is 11.1 Å². The molecule has 2 heterocycles. The molecule has 5 nitrogen and oxygen atoms in total. The summed E-state index contributed by atoms with van der Waals surface area (Å²) in [6, 6.07) is 16.4. The first-order valence-corrected chi connectivity index (χ1v) is 11.8. The fourth-order valence-electron chi connectivity index (χ4n) is 4.35. The minimum Gasteiger partial charge on any atom is -0.396 e. The molecule has 0 amide bonds. The molecule has 0 radical (unpaired) electrons. The number of ether oxygens (including phenoxy) is 1. The van der Waals surface area contributed by atoms with E-state index in [2.05, 4.69) is 41.2 Å². The average Bonchev–Trinajstić information content (AvgIpc) is 2.85. The zero-order chi connectivity index (χ0) is 23.0. The van der Waals surface area contributed by atoms with E-state index in [1.165, 1.54) is 5.56 Å². The van der Waals surface area contributed by atoms with Crippen molar-refractivity contribution >= 4 is 5.78 Å². The molecule has 1 N–H and O–H groups in total. The van der Waals surface area contributed by atoms with Crippen LogP contribution in [0, 0.1) is 12.8 Å². The van der Waals surface area contributed by atoms with Gasteiger partial charge in [-0.15, -0.1) is 0 Å². The molecule has 33 heavy (non-hydrogen) atoms. The van der Waals surface area contributed by atoms with Crippen LogP contribution in [0.5, 0.6) is 0 Å². The summed E-state index contributed by atoms with van der Waals surface area (Å²) in [5, 5.41) is 9.88. The zero-order valence-electron chi connectivity index (χ0n) is 19.2. The number of hydrogen-bond acceptors (Lipinski definition) is 5. The summed E-state index contributed by atoms with van der Waals surface area (Å²) < 4.78 is 5.38. The maximum atomic E-state index is 12.5. The molecule has 4 rings (SSSR count). The van der Waals surface area contributed by atoms with Gasteiger partial charge in [0.2, 0.25) is 0 Å². The Balaban J connectivity index is 1.33. The standard InChI is InChI=1S/C28H32N2O3/c1-20-2-6-24(7-3-20)26-17-29-28(30-18-26)15-21-4-8-23(9-5-21)25(19-31)16-27(32)14-22-10-12-33-13-11-22/h2-9,17-18,22,25,31H,10-16,19H2,1H3. The lowest BCUT2D eigenvalue weighted by Gasteiger charge is -2.22. The molecule has 1 aromatic heterocycles. The van der Waals surface area contributed by atoms with E-state index in [0.717, 1.165) is 54.1 Å². The maximum absolute atomic E-state index is 12.5. The van der Waals surface area contributed by atoms with Crippen LogP contribution in [-0.4, -0.2) is 40.7 Å². The molecular formula is C28H32N2O3. The summed E-state index contributed by atoms with van der Waals surface area (Å²) >= 11 is 0. The van der Waals surface area contributed by atoms with Gasteiger partial charge in [0, 0.05) is 56.4 Å². The van der Waals surface area contributed by atoms with Gasteiger partial charge < -0.3 is 9.84 Å². The van der Waals surface area contributed by atoms with Gasteiger partial charge in [-0.1, -0.05) is 54.1 Å². The highest BCUT2D eigenvalue weighted by molar-refractivity contribution is 5.79. The number of benzene rings is 2. The Hall–Kier alpha value is -2.89. The predicted molar refractivity (Wildman–Crippen MR) is 129 cm³/mol. The number of aryl methyl sites for hydroxylation is 1. The number of nitrogens with zero attached hydrogens (tertiary/aromatic N) is 2. The van der Waals surface area contributed by atoms with E-state index in [-0.39, 0.29) is 18.3 Å². The summed E-state index contributed by atoms with van der Waals surface area (Å²) in [6.45, 7) is 3.55. The second-order valence-corrected chi connectivity index (χ2v) is 9.05. The van der Waals surface area contributed by atoms with Crippen molar-refractivity contribution in [3.05, 3.63) is 83.4 Å². The number of carbonyl (C=O) groups excluding carboxylic acids is 1. The number of hydrogen-bond donors (Lipinski definition) is 1. The van der Waals surface area contributed by atoms with Crippen LogP contribution < -0.4 is 0 Å². The number of aromatic nitrogens is 2. The number of aliphatic hydroxyl groups is 1. The summed E-state index contributed by atoms with van der Waals surface area (Å²) in [5.41, 5.74) is 5.44. The molecule has 0 saturated carbocycles. The SMILES string of the molecule is Cc1ccc(-c2cnc(Cc3ccc(C(CO)CC(=O)CC4CCOCC4)cc3)nc2)cc1. The smallest absolute Gasteiger partial charge is 0.133 e. The number of rotatable bonds is 9. The van der Waals surface area contributed by atoms with Gasteiger partial charge >= 0.3 is 0 Å². The molecule has 0 bridgehead atoms. The molecule has 1 unspecified atom stereocenters. The van der Waals surface area contributed by atoms with Crippen molar-refractivity contribution in [1.29, 1.82) is 0 Å². The van der Waals surface area contributed by atoms with Crippen LogP contribution >= 0.6 is 0 Å². The van der Waals surface area contributed by atoms with Crippen LogP contribution in [0.15, 0.2) is 60.9 Å². The van der Waals surface area contributed by atoms with Gasteiger partial charge in [-0.2, -0.15) is 0 Å². The molecule has 1 aliphatic heterocycles. The third-order valence-electron chi connectivity index (χ3n) is 6.46. The highest BCUT2D eigenvalue weighted by Crippen LogP contribution is 2.25. The first kappa shape index (κ1) is 23.3. The lowest BCUT2D eigenvalue weighted by atomic mass is 9.88. The summed E-state index contributed by atoms with van der Waals surface area (Å²) in [5.74, 6) is 1.26. The van der Waals surface area contributed by atoms with Gasteiger partial charge in [0.25, 0.3) is 0 Å². The van der Waals surface area contributed by atoms with E-state index in [4.69, 9.17) is 4.74 Å². The number of ketones is 1. The van der Waals surface area contributed by atoms with E-state index in [1.807, 2.05) is 36.7 Å². The van der Waals surface area contributed by atoms with E-state index < -0.39 is 0 Å². The van der Waals surface area contributed by atoms with Crippen LogP contribution in [0.1, 0.15) is 54.1 Å². The van der Waals surface area contributed by atoms with Crippen molar-refractivity contribution in [2.24, 2.45) is 5.92 Å². The molecule has 1 saturated heterocycles. The minimum atomic E-state index is -0.156. The second kappa shape index (κ2) is 11.3. The number of Topliss-reactive ketones (excluding diaryl/α,β-unsaturated/α-hetero) is 1. The first-order chi connectivity index (χ1) is 16.1.